The summed E-state index contributed by atoms with van der Waals surface area (Å²) in [6.07, 6.45) is 1.02. The minimum Gasteiger partial charge on any atom is -0.369 e. The Morgan fingerprint density at radius 3 is 2.36 bits per heavy atom. The van der Waals surface area contributed by atoms with Crippen molar-refractivity contribution >= 4 is 48.9 Å². The molecule has 0 unspecified atom stereocenters. The van der Waals surface area contributed by atoms with Crippen molar-refractivity contribution in [1.82, 2.24) is 4.90 Å². The molecule has 86 valence electrons. The zero-order chi connectivity index (χ0) is 10.5. The van der Waals surface area contributed by atoms with E-state index in [-0.39, 0.29) is 22.9 Å². The van der Waals surface area contributed by atoms with Crippen molar-refractivity contribution in [1.29, 1.82) is 0 Å². The molecule has 0 heterocycles. The molecule has 0 aromatic heterocycles. The number of halogens is 2. The maximum atomic E-state index is 10.8. The quantitative estimate of drug-likeness (QED) is 0.455. The molecule has 0 atom stereocenters. The van der Waals surface area contributed by atoms with Crippen LogP contribution in [0.1, 0.15) is 6.92 Å². The van der Waals surface area contributed by atoms with Crippen molar-refractivity contribution in [3.8, 4) is 0 Å². The molecule has 14 heavy (non-hydrogen) atoms. The van der Waals surface area contributed by atoms with Gasteiger partial charge in [-0.25, -0.2) is 8.42 Å². The van der Waals surface area contributed by atoms with Crippen molar-refractivity contribution in [3.05, 3.63) is 0 Å². The van der Waals surface area contributed by atoms with E-state index in [0.717, 1.165) is 11.6 Å². The van der Waals surface area contributed by atoms with E-state index in [2.05, 4.69) is 20.3 Å². The predicted octanol–water partition coefficient (Wildman–Crippen LogP) is 0.555. The smallest absolute Gasteiger partial charge is 0.253 e. The summed E-state index contributed by atoms with van der Waals surface area (Å²) in [5, 5.41) is 0.723. The molecule has 0 spiro atoms. The Morgan fingerprint density at radius 2 is 2.07 bits per heavy atom. The first kappa shape index (κ1) is 16.6. The maximum absolute atomic E-state index is 10.8. The van der Waals surface area contributed by atoms with Gasteiger partial charge in [0.15, 0.2) is 0 Å². The summed E-state index contributed by atoms with van der Waals surface area (Å²) in [6, 6.07) is 0. The SMILES string of the molecule is Br.CCN(CCBr)/C(N)=N\S(C)(=O)=O. The highest BCUT2D eigenvalue weighted by molar-refractivity contribution is 9.09. The molecule has 0 saturated carbocycles. The lowest BCUT2D eigenvalue weighted by Crippen LogP contribution is -2.38. The molecule has 0 aliphatic heterocycles. The van der Waals surface area contributed by atoms with Crippen molar-refractivity contribution in [2.24, 2.45) is 10.1 Å². The van der Waals surface area contributed by atoms with Crippen LogP contribution in [0.4, 0.5) is 0 Å². The third-order valence-corrected chi connectivity index (χ3v) is 2.19. The average Bonchev–Trinajstić information content (AvgIpc) is 1.96. The first-order valence-corrected chi connectivity index (χ1v) is 6.74. The van der Waals surface area contributed by atoms with Gasteiger partial charge < -0.3 is 10.6 Å². The molecule has 0 aromatic rings. The van der Waals surface area contributed by atoms with E-state index < -0.39 is 10.0 Å². The third kappa shape index (κ3) is 7.57. The summed E-state index contributed by atoms with van der Waals surface area (Å²) in [5.41, 5.74) is 5.48. The van der Waals surface area contributed by atoms with Crippen LogP contribution >= 0.6 is 32.9 Å². The molecule has 0 radical (unpaired) electrons. The van der Waals surface area contributed by atoms with Crippen LogP contribution in [0, 0.1) is 0 Å². The topological polar surface area (TPSA) is 75.8 Å². The monoisotopic (exact) mass is 351 g/mol. The van der Waals surface area contributed by atoms with Gasteiger partial charge in [-0.05, 0) is 6.92 Å². The summed E-state index contributed by atoms with van der Waals surface area (Å²) in [5.74, 6) is 0.0458. The van der Waals surface area contributed by atoms with Crippen molar-refractivity contribution in [2.45, 2.75) is 6.92 Å². The van der Waals surface area contributed by atoms with Crippen molar-refractivity contribution in [3.63, 3.8) is 0 Å². The second-order valence-corrected chi connectivity index (χ2v) is 4.89. The fourth-order valence-electron chi connectivity index (χ4n) is 0.764. The highest BCUT2D eigenvalue weighted by Gasteiger charge is 2.07. The zero-order valence-corrected chi connectivity index (χ0v) is 12.2. The number of hydrogen-bond donors (Lipinski definition) is 1. The number of rotatable bonds is 4. The number of alkyl halides is 1. The minimum atomic E-state index is -3.39. The average molecular weight is 353 g/mol. The van der Waals surface area contributed by atoms with Gasteiger partial charge in [0.05, 0.1) is 6.26 Å². The lowest BCUT2D eigenvalue weighted by Gasteiger charge is -2.19. The first-order chi connectivity index (χ1) is 5.90. The third-order valence-electron chi connectivity index (χ3n) is 1.32. The highest BCUT2D eigenvalue weighted by Crippen LogP contribution is 1.93. The van der Waals surface area contributed by atoms with Gasteiger partial charge in [0.2, 0.25) is 5.96 Å². The van der Waals surface area contributed by atoms with E-state index >= 15 is 0 Å². The predicted molar refractivity (Wildman–Crippen MR) is 67.8 cm³/mol. The summed E-state index contributed by atoms with van der Waals surface area (Å²) in [7, 11) is -3.39. The van der Waals surface area contributed by atoms with E-state index in [0.29, 0.717) is 13.1 Å². The minimum absolute atomic E-state index is 0. The van der Waals surface area contributed by atoms with Crippen LogP contribution in [0.2, 0.25) is 0 Å². The molecule has 0 bridgehead atoms. The van der Waals surface area contributed by atoms with E-state index in [1.807, 2.05) is 6.92 Å². The molecule has 5 nitrogen and oxygen atoms in total. The van der Waals surface area contributed by atoms with Crippen LogP contribution in [-0.2, 0) is 10.0 Å². The Labute approximate surface area is 104 Å². The van der Waals surface area contributed by atoms with E-state index in [9.17, 15) is 8.42 Å². The fraction of sp³-hybridized carbons (Fsp3) is 0.833. The lowest BCUT2D eigenvalue weighted by molar-refractivity contribution is 0.465. The highest BCUT2D eigenvalue weighted by atomic mass is 79.9. The van der Waals surface area contributed by atoms with Gasteiger partial charge in [-0.1, -0.05) is 15.9 Å². The Balaban J connectivity index is 0. The molecule has 0 rings (SSSR count). The van der Waals surface area contributed by atoms with Crippen LogP contribution in [0.25, 0.3) is 0 Å². The number of nitrogens with zero attached hydrogens (tertiary/aromatic N) is 2. The Kier molecular flexibility index (Phi) is 8.86. The standard InChI is InChI=1S/C6H14BrN3O2S.BrH/c1-3-10(5-4-7)6(8)9-13(2,11)12;/h3-5H2,1-2H3,(H2,8,9);1H. The number of guanidine groups is 1. The van der Waals surface area contributed by atoms with Crippen molar-refractivity contribution in [2.75, 3.05) is 24.7 Å². The van der Waals surface area contributed by atoms with Crippen LogP contribution in [-0.4, -0.2) is 44.0 Å². The Hall–Kier alpha value is 0.180. The van der Waals surface area contributed by atoms with Crippen LogP contribution in [0.5, 0.6) is 0 Å². The molecular weight excluding hydrogens is 338 g/mol. The molecule has 8 heteroatoms. The van der Waals surface area contributed by atoms with Crippen LogP contribution in [0.15, 0.2) is 4.40 Å². The summed E-state index contributed by atoms with van der Waals surface area (Å²) >= 11 is 3.24. The molecule has 0 amide bonds. The van der Waals surface area contributed by atoms with Gasteiger partial charge in [0.25, 0.3) is 10.0 Å². The normalized spacial score (nSPS) is 12.1. The van der Waals surface area contributed by atoms with E-state index in [4.69, 9.17) is 5.73 Å². The maximum Gasteiger partial charge on any atom is 0.253 e. The largest absolute Gasteiger partial charge is 0.369 e. The van der Waals surface area contributed by atoms with Crippen LogP contribution < -0.4 is 5.73 Å². The zero-order valence-electron chi connectivity index (χ0n) is 8.10. The molecule has 0 fully saturated rings. The number of nitrogens with two attached hydrogens (primary N) is 1. The second kappa shape index (κ2) is 7.47. The molecule has 0 aliphatic rings. The molecule has 0 aliphatic carbocycles. The van der Waals surface area contributed by atoms with Crippen molar-refractivity contribution < 1.29 is 8.42 Å². The number of sulfonamides is 1. The van der Waals surface area contributed by atoms with Gasteiger partial charge in [0, 0.05) is 18.4 Å². The fourth-order valence-corrected chi connectivity index (χ4v) is 1.65. The van der Waals surface area contributed by atoms with Gasteiger partial charge in [-0.2, -0.15) is 0 Å². The summed E-state index contributed by atoms with van der Waals surface area (Å²) in [6.45, 7) is 3.16. The summed E-state index contributed by atoms with van der Waals surface area (Å²) in [4.78, 5) is 1.68. The molecule has 0 saturated heterocycles. The Bertz CT molecular complexity index is 279. The number of hydrogen-bond acceptors (Lipinski definition) is 2. The molecule has 2 N–H and O–H groups in total. The van der Waals surface area contributed by atoms with E-state index in [1.54, 1.807) is 4.90 Å². The van der Waals surface area contributed by atoms with Gasteiger partial charge in [0.1, 0.15) is 0 Å². The molecular formula is C6H15Br2N3O2S. The molecule has 0 aromatic carbocycles. The lowest BCUT2D eigenvalue weighted by atomic mass is 10.5. The second-order valence-electron chi connectivity index (χ2n) is 2.45. The van der Waals surface area contributed by atoms with E-state index in [1.165, 1.54) is 0 Å². The first-order valence-electron chi connectivity index (χ1n) is 3.77. The summed E-state index contributed by atoms with van der Waals surface area (Å²) < 4.78 is 24.9. The Morgan fingerprint density at radius 1 is 1.57 bits per heavy atom. The van der Waals surface area contributed by atoms with Gasteiger partial charge >= 0.3 is 0 Å². The van der Waals surface area contributed by atoms with Gasteiger partial charge in [-0.3, -0.25) is 0 Å². The van der Waals surface area contributed by atoms with Gasteiger partial charge in [-0.15, -0.1) is 21.4 Å². The van der Waals surface area contributed by atoms with Crippen LogP contribution in [0.3, 0.4) is 0 Å².